The Morgan fingerprint density at radius 2 is 1.84 bits per heavy atom. The third-order valence-corrected chi connectivity index (χ3v) is 4.46. The second-order valence-corrected chi connectivity index (χ2v) is 7.79. The molecule has 1 heterocycles. The van der Waals surface area contributed by atoms with Gasteiger partial charge in [0.2, 0.25) is 0 Å². The van der Waals surface area contributed by atoms with Gasteiger partial charge in [0.25, 0.3) is 5.91 Å². The maximum absolute atomic E-state index is 12.8. The molecular weight excluding hydrogens is 340 g/mol. The molecule has 1 aromatic rings. The second-order valence-electron chi connectivity index (χ2n) is 7.38. The molecule has 3 N–H and O–H groups in total. The van der Waals surface area contributed by atoms with Crippen molar-refractivity contribution >= 4 is 29.2 Å². The minimum Gasteiger partial charge on any atom is -0.338 e. The first-order valence-electron chi connectivity index (χ1n) is 8.55. The molecule has 0 radical (unpaired) electrons. The zero-order chi connectivity index (χ0) is 18.6. The summed E-state index contributed by atoms with van der Waals surface area (Å²) in [4.78, 5) is 26.6. The van der Waals surface area contributed by atoms with Crippen molar-refractivity contribution in [2.24, 2.45) is 0 Å². The Balaban J connectivity index is 2.08. The normalized spacial score (nSPS) is 15.8. The number of carbonyl (C=O) groups is 2. The van der Waals surface area contributed by atoms with Crippen molar-refractivity contribution < 1.29 is 9.59 Å². The van der Waals surface area contributed by atoms with Gasteiger partial charge in [0.1, 0.15) is 0 Å². The van der Waals surface area contributed by atoms with Crippen LogP contribution in [0.1, 0.15) is 44.0 Å². The van der Waals surface area contributed by atoms with E-state index >= 15 is 0 Å². The van der Waals surface area contributed by atoms with E-state index < -0.39 is 0 Å². The van der Waals surface area contributed by atoms with E-state index in [1.54, 1.807) is 18.2 Å². The Morgan fingerprint density at radius 3 is 2.40 bits per heavy atom. The Labute approximate surface area is 154 Å². The lowest BCUT2D eigenvalue weighted by Crippen LogP contribution is -2.44. The SMILES string of the molecule is CNC1CCN(C(=O)c2cc(NC(=O)NC(C)(C)C)ccc2Cl)CC1. The molecule has 0 aromatic heterocycles. The van der Waals surface area contributed by atoms with Crippen molar-refractivity contribution in [2.45, 2.75) is 45.2 Å². The van der Waals surface area contributed by atoms with Crippen LogP contribution in [0.5, 0.6) is 0 Å². The van der Waals surface area contributed by atoms with E-state index in [2.05, 4.69) is 16.0 Å². The first-order valence-corrected chi connectivity index (χ1v) is 8.92. The fourth-order valence-electron chi connectivity index (χ4n) is 2.81. The van der Waals surface area contributed by atoms with Gasteiger partial charge in [-0.3, -0.25) is 4.79 Å². The molecule has 25 heavy (non-hydrogen) atoms. The summed E-state index contributed by atoms with van der Waals surface area (Å²) in [7, 11) is 1.94. The Hall–Kier alpha value is -1.79. The molecular formula is C18H27ClN4O2. The van der Waals surface area contributed by atoms with Crippen LogP contribution in [-0.4, -0.2) is 48.6 Å². The highest BCUT2D eigenvalue weighted by atomic mass is 35.5. The minimum absolute atomic E-state index is 0.0977. The zero-order valence-electron chi connectivity index (χ0n) is 15.3. The van der Waals surface area contributed by atoms with E-state index in [4.69, 9.17) is 11.6 Å². The monoisotopic (exact) mass is 366 g/mol. The number of carbonyl (C=O) groups excluding carboxylic acids is 2. The summed E-state index contributed by atoms with van der Waals surface area (Å²) >= 11 is 6.22. The highest BCUT2D eigenvalue weighted by Crippen LogP contribution is 2.24. The smallest absolute Gasteiger partial charge is 0.319 e. The van der Waals surface area contributed by atoms with Crippen LogP contribution in [-0.2, 0) is 0 Å². The fraction of sp³-hybridized carbons (Fsp3) is 0.556. The van der Waals surface area contributed by atoms with E-state index in [-0.39, 0.29) is 17.5 Å². The molecule has 6 nitrogen and oxygen atoms in total. The lowest BCUT2D eigenvalue weighted by atomic mass is 10.0. The van der Waals surface area contributed by atoms with Crippen molar-refractivity contribution in [3.63, 3.8) is 0 Å². The Morgan fingerprint density at radius 1 is 1.20 bits per heavy atom. The highest BCUT2D eigenvalue weighted by Gasteiger charge is 2.24. The molecule has 138 valence electrons. The molecule has 1 aromatic carbocycles. The molecule has 3 amide bonds. The number of amides is 3. The largest absolute Gasteiger partial charge is 0.338 e. The first kappa shape index (κ1) is 19.5. The number of hydrogen-bond acceptors (Lipinski definition) is 3. The van der Waals surface area contributed by atoms with Crippen LogP contribution < -0.4 is 16.0 Å². The van der Waals surface area contributed by atoms with Crippen LogP contribution >= 0.6 is 11.6 Å². The van der Waals surface area contributed by atoms with Crippen LogP contribution in [0.2, 0.25) is 5.02 Å². The fourth-order valence-corrected chi connectivity index (χ4v) is 3.01. The van der Waals surface area contributed by atoms with E-state index in [0.717, 1.165) is 12.8 Å². The van der Waals surface area contributed by atoms with Gasteiger partial charge < -0.3 is 20.9 Å². The number of anilines is 1. The van der Waals surface area contributed by atoms with Gasteiger partial charge in [0.05, 0.1) is 10.6 Å². The number of rotatable bonds is 3. The molecule has 1 fully saturated rings. The highest BCUT2D eigenvalue weighted by molar-refractivity contribution is 6.34. The molecule has 1 aliphatic heterocycles. The summed E-state index contributed by atoms with van der Waals surface area (Å²) in [5, 5.41) is 9.21. The topological polar surface area (TPSA) is 73.5 Å². The summed E-state index contributed by atoms with van der Waals surface area (Å²) in [5.74, 6) is -0.0977. The van der Waals surface area contributed by atoms with Gasteiger partial charge in [-0.2, -0.15) is 0 Å². The number of urea groups is 1. The average molecular weight is 367 g/mol. The molecule has 0 unspecified atom stereocenters. The number of piperidine rings is 1. The second kappa shape index (κ2) is 8.06. The van der Waals surface area contributed by atoms with Crippen LogP contribution in [0, 0.1) is 0 Å². The van der Waals surface area contributed by atoms with Gasteiger partial charge >= 0.3 is 6.03 Å². The van der Waals surface area contributed by atoms with Gasteiger partial charge in [0, 0.05) is 30.4 Å². The number of benzene rings is 1. The lowest BCUT2D eigenvalue weighted by Gasteiger charge is -2.32. The molecule has 0 bridgehead atoms. The maximum atomic E-state index is 12.8. The summed E-state index contributed by atoms with van der Waals surface area (Å²) in [6, 6.07) is 5.10. The number of nitrogens with one attached hydrogen (secondary N) is 3. The molecule has 0 saturated carbocycles. The van der Waals surface area contributed by atoms with Crippen LogP contribution in [0.4, 0.5) is 10.5 Å². The predicted molar refractivity (Wildman–Crippen MR) is 101 cm³/mol. The molecule has 0 aliphatic carbocycles. The standard InChI is InChI=1S/C18H27ClN4O2/c1-18(2,3)22-17(25)21-13-5-6-15(19)14(11-13)16(24)23-9-7-12(20-4)8-10-23/h5-6,11-12,20H,7-10H2,1-4H3,(H2,21,22,25). The molecule has 1 saturated heterocycles. The van der Waals surface area contributed by atoms with Crippen LogP contribution in [0.3, 0.4) is 0 Å². The molecule has 7 heteroatoms. The molecule has 0 atom stereocenters. The van der Waals surface area contributed by atoms with Gasteiger partial charge in [-0.1, -0.05) is 11.6 Å². The van der Waals surface area contributed by atoms with Gasteiger partial charge in [-0.25, -0.2) is 4.79 Å². The zero-order valence-corrected chi connectivity index (χ0v) is 16.0. The molecule has 2 rings (SSSR count). The number of nitrogens with zero attached hydrogens (tertiary/aromatic N) is 1. The van der Waals surface area contributed by atoms with Crippen LogP contribution in [0.25, 0.3) is 0 Å². The number of halogens is 1. The summed E-state index contributed by atoms with van der Waals surface area (Å²) in [5.41, 5.74) is 0.616. The lowest BCUT2D eigenvalue weighted by molar-refractivity contribution is 0.0707. The summed E-state index contributed by atoms with van der Waals surface area (Å²) in [6.07, 6.45) is 1.84. The third kappa shape index (κ3) is 5.61. The number of hydrogen-bond donors (Lipinski definition) is 3. The van der Waals surface area contributed by atoms with Gasteiger partial charge in [-0.05, 0) is 58.9 Å². The van der Waals surface area contributed by atoms with Gasteiger partial charge in [0.15, 0.2) is 0 Å². The van der Waals surface area contributed by atoms with E-state index in [9.17, 15) is 9.59 Å². The van der Waals surface area contributed by atoms with Crippen molar-refractivity contribution in [1.82, 2.24) is 15.5 Å². The quantitative estimate of drug-likeness (QED) is 0.769. The van der Waals surface area contributed by atoms with E-state index in [1.807, 2.05) is 32.7 Å². The first-order chi connectivity index (χ1) is 11.7. The Kier molecular flexibility index (Phi) is 6.30. The Bertz CT molecular complexity index is 634. The molecule has 0 spiro atoms. The van der Waals surface area contributed by atoms with E-state index in [0.29, 0.717) is 35.4 Å². The third-order valence-electron chi connectivity index (χ3n) is 4.13. The van der Waals surface area contributed by atoms with Gasteiger partial charge in [-0.15, -0.1) is 0 Å². The average Bonchev–Trinajstić information content (AvgIpc) is 2.54. The van der Waals surface area contributed by atoms with Crippen molar-refractivity contribution in [1.29, 1.82) is 0 Å². The van der Waals surface area contributed by atoms with Crippen LogP contribution in [0.15, 0.2) is 18.2 Å². The predicted octanol–water partition coefficient (Wildman–Crippen LogP) is 3.08. The van der Waals surface area contributed by atoms with Crippen molar-refractivity contribution in [3.8, 4) is 0 Å². The summed E-state index contributed by atoms with van der Waals surface area (Å²) < 4.78 is 0. The van der Waals surface area contributed by atoms with E-state index in [1.165, 1.54) is 0 Å². The molecule has 1 aliphatic rings. The number of likely N-dealkylation sites (tertiary alicyclic amines) is 1. The maximum Gasteiger partial charge on any atom is 0.319 e. The summed E-state index contributed by atoms with van der Waals surface area (Å²) in [6.45, 7) is 7.10. The minimum atomic E-state index is -0.340. The van der Waals surface area contributed by atoms with Crippen molar-refractivity contribution in [3.05, 3.63) is 28.8 Å². The van der Waals surface area contributed by atoms with Crippen molar-refractivity contribution in [2.75, 3.05) is 25.5 Å².